The lowest BCUT2D eigenvalue weighted by molar-refractivity contribution is 0.249. The van der Waals surface area contributed by atoms with Gasteiger partial charge in [-0.05, 0) is 47.4 Å². The molecule has 2 amide bonds. The number of urea groups is 1. The number of fused-ring (bicyclic) bond motifs is 2. The molecule has 1 N–H and O–H groups in total. The molecule has 0 saturated carbocycles. The number of ether oxygens (including phenoxy) is 2. The molecule has 1 aromatic heterocycles. The van der Waals surface area contributed by atoms with Crippen molar-refractivity contribution in [2.75, 3.05) is 30.0 Å². The predicted octanol–water partition coefficient (Wildman–Crippen LogP) is 4.04. The fraction of sp³-hybridized carbons (Fsp3) is 0.217. The summed E-state index contributed by atoms with van der Waals surface area (Å²) in [5, 5.41) is 2.91. The highest BCUT2D eigenvalue weighted by Crippen LogP contribution is 2.32. The van der Waals surface area contributed by atoms with Crippen molar-refractivity contribution in [2.45, 2.75) is 12.8 Å². The van der Waals surface area contributed by atoms with Crippen LogP contribution < -0.4 is 19.7 Å². The number of hydrogen-bond acceptors (Lipinski definition) is 4. The second kappa shape index (κ2) is 7.47. The van der Waals surface area contributed by atoms with E-state index in [0.717, 1.165) is 36.4 Å². The van der Waals surface area contributed by atoms with Crippen LogP contribution in [0.2, 0.25) is 0 Å². The van der Waals surface area contributed by atoms with E-state index in [2.05, 4.69) is 22.4 Å². The molecule has 3 heterocycles. The summed E-state index contributed by atoms with van der Waals surface area (Å²) in [5.74, 6) is 2.18. The molecule has 2 aromatic carbocycles. The van der Waals surface area contributed by atoms with Crippen molar-refractivity contribution >= 4 is 17.5 Å². The Kier molecular flexibility index (Phi) is 4.52. The van der Waals surface area contributed by atoms with Crippen LogP contribution in [0.15, 0.2) is 60.8 Å². The Morgan fingerprint density at radius 2 is 1.86 bits per heavy atom. The van der Waals surface area contributed by atoms with Gasteiger partial charge in [-0.3, -0.25) is 4.90 Å². The minimum atomic E-state index is -0.209. The molecule has 6 heteroatoms. The molecule has 2 aliphatic heterocycles. The summed E-state index contributed by atoms with van der Waals surface area (Å²) in [6, 6.07) is 17.5. The van der Waals surface area contributed by atoms with Crippen molar-refractivity contribution in [1.29, 1.82) is 0 Å². The van der Waals surface area contributed by atoms with Crippen molar-refractivity contribution in [3.05, 3.63) is 77.5 Å². The number of benzene rings is 2. The molecule has 0 atom stereocenters. The van der Waals surface area contributed by atoms with Gasteiger partial charge in [-0.1, -0.05) is 30.3 Å². The van der Waals surface area contributed by atoms with Crippen molar-refractivity contribution in [2.24, 2.45) is 0 Å². The molecule has 3 aromatic rings. The van der Waals surface area contributed by atoms with E-state index in [9.17, 15) is 4.79 Å². The fourth-order valence-corrected chi connectivity index (χ4v) is 3.73. The molecule has 0 fully saturated rings. The average Bonchev–Trinajstić information content (AvgIpc) is 3.22. The Hall–Kier alpha value is -3.54. The minimum absolute atomic E-state index is 0.209. The Morgan fingerprint density at radius 1 is 1.00 bits per heavy atom. The number of nitrogens with one attached hydrogen (secondary N) is 1. The molecule has 0 aliphatic carbocycles. The van der Waals surface area contributed by atoms with E-state index in [1.54, 1.807) is 4.90 Å². The van der Waals surface area contributed by atoms with Crippen LogP contribution in [0.5, 0.6) is 11.5 Å². The number of nitrogens with zero attached hydrogens (tertiary/aromatic N) is 2. The van der Waals surface area contributed by atoms with Crippen LogP contribution in [0.3, 0.4) is 0 Å². The van der Waals surface area contributed by atoms with Gasteiger partial charge in [0.25, 0.3) is 0 Å². The normalized spacial score (nSPS) is 14.4. The third kappa shape index (κ3) is 3.61. The van der Waals surface area contributed by atoms with Gasteiger partial charge in [-0.25, -0.2) is 9.78 Å². The van der Waals surface area contributed by atoms with Gasteiger partial charge in [-0.15, -0.1) is 0 Å². The zero-order chi connectivity index (χ0) is 19.6. The monoisotopic (exact) mass is 387 g/mol. The van der Waals surface area contributed by atoms with Gasteiger partial charge < -0.3 is 14.8 Å². The van der Waals surface area contributed by atoms with Gasteiger partial charge in [-0.2, -0.15) is 0 Å². The molecule has 0 spiro atoms. The predicted molar refractivity (Wildman–Crippen MR) is 111 cm³/mol. The summed E-state index contributed by atoms with van der Waals surface area (Å²) in [5.41, 5.74) is 4.27. The average molecular weight is 387 g/mol. The third-order valence-electron chi connectivity index (χ3n) is 5.15. The first-order chi connectivity index (χ1) is 14.3. The number of carbonyl (C=O) groups excluding carboxylic acids is 1. The number of amides is 2. The molecule has 29 heavy (non-hydrogen) atoms. The number of rotatable bonds is 3. The number of pyridine rings is 1. The lowest BCUT2D eigenvalue weighted by Gasteiger charge is -2.28. The summed E-state index contributed by atoms with van der Waals surface area (Å²) < 4.78 is 11.4. The van der Waals surface area contributed by atoms with E-state index in [0.29, 0.717) is 24.7 Å². The first kappa shape index (κ1) is 17.6. The number of aromatic nitrogens is 1. The lowest BCUT2D eigenvalue weighted by atomic mass is 10.0. The van der Waals surface area contributed by atoms with Crippen molar-refractivity contribution in [3.8, 4) is 11.5 Å². The maximum Gasteiger partial charge on any atom is 0.327 e. The topological polar surface area (TPSA) is 63.7 Å². The second-order valence-electron chi connectivity index (χ2n) is 7.18. The number of anilines is 2. The summed E-state index contributed by atoms with van der Waals surface area (Å²) in [6.07, 6.45) is 3.54. The van der Waals surface area contributed by atoms with Crippen molar-refractivity contribution in [1.82, 2.24) is 4.98 Å². The highest BCUT2D eigenvalue weighted by Gasteiger charge is 2.25. The SMILES string of the molecule is O=C(Nc1ccccc1)N1CCOc2cc(Cc3ccc4c(c3)CCO4)cnc21. The first-order valence-electron chi connectivity index (χ1n) is 9.76. The number of hydrogen-bond donors (Lipinski definition) is 1. The summed E-state index contributed by atoms with van der Waals surface area (Å²) in [7, 11) is 0. The molecule has 6 nitrogen and oxygen atoms in total. The summed E-state index contributed by atoms with van der Waals surface area (Å²) >= 11 is 0. The largest absolute Gasteiger partial charge is 0.493 e. The molecule has 0 bridgehead atoms. The zero-order valence-corrected chi connectivity index (χ0v) is 15.9. The van der Waals surface area contributed by atoms with E-state index in [4.69, 9.17) is 9.47 Å². The van der Waals surface area contributed by atoms with Crippen LogP contribution >= 0.6 is 0 Å². The van der Waals surface area contributed by atoms with Crippen LogP contribution in [-0.4, -0.2) is 30.8 Å². The van der Waals surface area contributed by atoms with Gasteiger partial charge >= 0.3 is 6.03 Å². The minimum Gasteiger partial charge on any atom is -0.493 e. The first-order valence-corrected chi connectivity index (χ1v) is 9.76. The third-order valence-corrected chi connectivity index (χ3v) is 5.15. The number of para-hydroxylation sites is 1. The van der Waals surface area contributed by atoms with E-state index in [-0.39, 0.29) is 6.03 Å². The van der Waals surface area contributed by atoms with E-state index in [1.165, 1.54) is 11.1 Å². The lowest BCUT2D eigenvalue weighted by Crippen LogP contribution is -2.41. The highest BCUT2D eigenvalue weighted by atomic mass is 16.5. The summed E-state index contributed by atoms with van der Waals surface area (Å²) in [6.45, 7) is 1.66. The van der Waals surface area contributed by atoms with Gasteiger partial charge in [0.05, 0.1) is 13.2 Å². The van der Waals surface area contributed by atoms with Crippen LogP contribution in [0.25, 0.3) is 0 Å². The molecule has 146 valence electrons. The Bertz CT molecular complexity index is 1050. The molecular weight excluding hydrogens is 366 g/mol. The zero-order valence-electron chi connectivity index (χ0n) is 15.9. The molecular formula is C23H21N3O3. The quantitative estimate of drug-likeness (QED) is 0.737. The van der Waals surface area contributed by atoms with Crippen molar-refractivity contribution in [3.63, 3.8) is 0 Å². The smallest absolute Gasteiger partial charge is 0.327 e. The Morgan fingerprint density at radius 3 is 2.76 bits per heavy atom. The Balaban J connectivity index is 1.34. The van der Waals surface area contributed by atoms with Crippen LogP contribution in [0.4, 0.5) is 16.3 Å². The second-order valence-corrected chi connectivity index (χ2v) is 7.18. The molecule has 0 saturated heterocycles. The highest BCUT2D eigenvalue weighted by molar-refractivity contribution is 6.02. The van der Waals surface area contributed by atoms with E-state index < -0.39 is 0 Å². The number of carbonyl (C=O) groups is 1. The molecule has 2 aliphatic rings. The summed E-state index contributed by atoms with van der Waals surface area (Å²) in [4.78, 5) is 18.9. The van der Waals surface area contributed by atoms with Crippen LogP contribution in [0, 0.1) is 0 Å². The fourth-order valence-electron chi connectivity index (χ4n) is 3.73. The van der Waals surface area contributed by atoms with Gasteiger partial charge in [0, 0.05) is 18.3 Å². The molecule has 0 radical (unpaired) electrons. The van der Waals surface area contributed by atoms with Gasteiger partial charge in [0.2, 0.25) is 0 Å². The van der Waals surface area contributed by atoms with Crippen molar-refractivity contribution < 1.29 is 14.3 Å². The maximum atomic E-state index is 12.7. The van der Waals surface area contributed by atoms with Crippen LogP contribution in [0.1, 0.15) is 16.7 Å². The van der Waals surface area contributed by atoms with Gasteiger partial charge in [0.15, 0.2) is 11.6 Å². The van der Waals surface area contributed by atoms with E-state index >= 15 is 0 Å². The standard InChI is InChI=1S/C23H21N3O3/c27-23(25-19-4-2-1-3-5-19)26-9-11-29-21-14-17(15-24-22(21)26)12-16-6-7-20-18(13-16)8-10-28-20/h1-7,13-15H,8-12H2,(H,25,27). The van der Waals surface area contributed by atoms with E-state index in [1.807, 2.05) is 48.7 Å². The molecule has 5 rings (SSSR count). The van der Waals surface area contributed by atoms with Crippen LogP contribution in [-0.2, 0) is 12.8 Å². The molecule has 0 unspecified atom stereocenters. The van der Waals surface area contributed by atoms with Gasteiger partial charge in [0.1, 0.15) is 12.4 Å². The maximum absolute atomic E-state index is 12.7. The Labute approximate surface area is 169 Å².